The second-order valence-corrected chi connectivity index (χ2v) is 14.3. The number of fused-ring (bicyclic) bond motifs is 5. The zero-order valence-corrected chi connectivity index (χ0v) is 30.8. The Labute approximate surface area is 329 Å². The topological polar surface area (TPSA) is 51.8 Å². The van der Waals surface area contributed by atoms with Gasteiger partial charge in [0.1, 0.15) is 11.2 Å². The number of benzene rings is 9. The highest BCUT2D eigenvalue weighted by molar-refractivity contribution is 6.14. The minimum absolute atomic E-state index is 0.561. The van der Waals surface area contributed by atoms with Crippen LogP contribution in [0.4, 0.5) is 0 Å². The van der Waals surface area contributed by atoms with Gasteiger partial charge in [-0.15, -0.1) is 0 Å². The van der Waals surface area contributed by atoms with Gasteiger partial charge in [-0.05, 0) is 73.1 Å². The van der Waals surface area contributed by atoms with Crippen molar-refractivity contribution in [2.45, 2.75) is 0 Å². The van der Waals surface area contributed by atoms with E-state index in [9.17, 15) is 0 Å². The summed E-state index contributed by atoms with van der Waals surface area (Å²) < 4.78 is 6.48. The van der Waals surface area contributed by atoms with Crippen molar-refractivity contribution in [3.8, 4) is 67.5 Å². The van der Waals surface area contributed by atoms with Crippen molar-refractivity contribution in [3.63, 3.8) is 0 Å². The normalized spacial score (nSPS) is 11.5. The lowest BCUT2D eigenvalue weighted by molar-refractivity contribution is 0.669. The van der Waals surface area contributed by atoms with Gasteiger partial charge < -0.3 is 4.42 Å². The van der Waals surface area contributed by atoms with Crippen molar-refractivity contribution in [2.24, 2.45) is 0 Å². The van der Waals surface area contributed by atoms with Gasteiger partial charge in [0, 0.05) is 21.9 Å². The second kappa shape index (κ2) is 13.6. The fourth-order valence-corrected chi connectivity index (χ4v) is 8.34. The van der Waals surface area contributed by atoms with Gasteiger partial charge in [0.15, 0.2) is 17.5 Å². The molecule has 0 bridgehead atoms. The zero-order valence-electron chi connectivity index (χ0n) is 30.8. The minimum Gasteiger partial charge on any atom is -0.455 e. The molecule has 266 valence electrons. The molecule has 4 heteroatoms. The van der Waals surface area contributed by atoms with Gasteiger partial charge in [-0.3, -0.25) is 0 Å². The lowest BCUT2D eigenvalue weighted by atomic mass is 9.84. The highest BCUT2D eigenvalue weighted by atomic mass is 16.3. The minimum atomic E-state index is 0.561. The van der Waals surface area contributed by atoms with E-state index >= 15 is 0 Å². The van der Waals surface area contributed by atoms with Gasteiger partial charge in [0.05, 0.1) is 5.56 Å². The summed E-state index contributed by atoms with van der Waals surface area (Å²) in [6.45, 7) is 0. The van der Waals surface area contributed by atoms with Crippen LogP contribution in [0.2, 0.25) is 0 Å². The summed E-state index contributed by atoms with van der Waals surface area (Å²) in [7, 11) is 0. The first-order valence-corrected chi connectivity index (χ1v) is 19.2. The first-order valence-electron chi connectivity index (χ1n) is 19.2. The molecule has 0 amide bonds. The summed E-state index contributed by atoms with van der Waals surface area (Å²) >= 11 is 0. The molecule has 4 nitrogen and oxygen atoms in total. The molecular weight excluding hydrogens is 695 g/mol. The molecule has 9 aromatic carbocycles. The number of rotatable bonds is 6. The summed E-state index contributed by atoms with van der Waals surface area (Å²) in [5, 5.41) is 6.66. The maximum atomic E-state index is 6.48. The third kappa shape index (κ3) is 5.58. The van der Waals surface area contributed by atoms with Crippen molar-refractivity contribution in [1.82, 2.24) is 15.0 Å². The van der Waals surface area contributed by atoms with Crippen molar-refractivity contribution >= 4 is 43.5 Å². The SMILES string of the molecule is c1ccc(-c2nc(-c3ccc(-c4c(-c5ccccc5-c5ccccc5)ccc5ccccc45)c4ccccc34)nc(-c3cccc4c3oc3ccccc34)n2)cc1. The van der Waals surface area contributed by atoms with Crippen LogP contribution in [-0.4, -0.2) is 15.0 Å². The number of nitrogens with zero attached hydrogens (tertiary/aromatic N) is 3. The van der Waals surface area contributed by atoms with E-state index in [0.29, 0.717) is 17.5 Å². The average Bonchev–Trinajstić information content (AvgIpc) is 3.68. The molecule has 2 heterocycles. The first-order chi connectivity index (χ1) is 28.3. The van der Waals surface area contributed by atoms with Gasteiger partial charge in [-0.1, -0.05) is 182 Å². The highest BCUT2D eigenvalue weighted by Gasteiger charge is 2.21. The molecule has 11 rings (SSSR count). The Kier molecular flexibility index (Phi) is 7.78. The lowest BCUT2D eigenvalue weighted by Crippen LogP contribution is -2.01. The van der Waals surface area contributed by atoms with Crippen LogP contribution in [0, 0.1) is 0 Å². The lowest BCUT2D eigenvalue weighted by Gasteiger charge is -2.19. The Hall–Kier alpha value is -7.69. The predicted molar refractivity (Wildman–Crippen MR) is 235 cm³/mol. The molecule has 0 aliphatic rings. The van der Waals surface area contributed by atoms with Gasteiger partial charge in [-0.25, -0.2) is 15.0 Å². The standard InChI is InChI=1S/C53H33N3O/c1-3-16-34(17-4-1)37-21-9-10-23-39(37)43-31-30-35-18-7-8-22-38(35)49(43)44-32-33-46(41-25-12-11-24-40(41)44)52-54-51(36-19-5-2-6-20-36)55-53(56-52)47-28-15-27-45-42-26-13-14-29-48(42)57-50(45)47/h1-33H. The molecule has 2 aromatic heterocycles. The predicted octanol–water partition coefficient (Wildman–Crippen LogP) is 14.1. The van der Waals surface area contributed by atoms with Crippen molar-refractivity contribution in [1.29, 1.82) is 0 Å². The van der Waals surface area contributed by atoms with E-state index in [1.54, 1.807) is 0 Å². The average molecular weight is 728 g/mol. The molecule has 0 spiro atoms. The number of hydrogen-bond donors (Lipinski definition) is 0. The summed E-state index contributed by atoms with van der Waals surface area (Å²) in [5.74, 6) is 1.76. The molecule has 0 aliphatic carbocycles. The van der Waals surface area contributed by atoms with E-state index in [1.807, 2.05) is 60.7 Å². The number of aromatic nitrogens is 3. The maximum absolute atomic E-state index is 6.48. The fourth-order valence-electron chi connectivity index (χ4n) is 8.34. The summed E-state index contributed by atoms with van der Waals surface area (Å²) in [4.78, 5) is 15.5. The van der Waals surface area contributed by atoms with Crippen LogP contribution in [0.15, 0.2) is 205 Å². The maximum Gasteiger partial charge on any atom is 0.167 e. The third-order valence-corrected chi connectivity index (χ3v) is 11.0. The number of hydrogen-bond acceptors (Lipinski definition) is 4. The molecule has 0 saturated heterocycles. The van der Waals surface area contributed by atoms with E-state index < -0.39 is 0 Å². The van der Waals surface area contributed by atoms with Crippen LogP contribution in [-0.2, 0) is 0 Å². The smallest absolute Gasteiger partial charge is 0.167 e. The van der Waals surface area contributed by atoms with E-state index in [2.05, 4.69) is 140 Å². The Bertz CT molecular complexity index is 3300. The molecule has 0 atom stereocenters. The van der Waals surface area contributed by atoms with Gasteiger partial charge in [0.25, 0.3) is 0 Å². The van der Waals surface area contributed by atoms with Gasteiger partial charge in [-0.2, -0.15) is 0 Å². The van der Waals surface area contributed by atoms with Crippen molar-refractivity contribution < 1.29 is 4.42 Å². The van der Waals surface area contributed by atoms with Crippen molar-refractivity contribution in [3.05, 3.63) is 200 Å². The number of para-hydroxylation sites is 2. The van der Waals surface area contributed by atoms with Crippen molar-refractivity contribution in [2.75, 3.05) is 0 Å². The molecule has 0 aliphatic heterocycles. The van der Waals surface area contributed by atoms with E-state index in [0.717, 1.165) is 55.0 Å². The Balaban J connectivity index is 1.16. The molecule has 11 aromatic rings. The quantitative estimate of drug-likeness (QED) is 0.171. The molecule has 0 radical (unpaired) electrons. The number of furan rings is 1. The van der Waals surface area contributed by atoms with Crippen LogP contribution in [0.25, 0.3) is 111 Å². The fraction of sp³-hybridized carbons (Fsp3) is 0. The summed E-state index contributed by atoms with van der Waals surface area (Å²) in [6, 6.07) is 70.1. The second-order valence-electron chi connectivity index (χ2n) is 14.3. The first kappa shape index (κ1) is 32.7. The molecule has 0 N–H and O–H groups in total. The summed E-state index contributed by atoms with van der Waals surface area (Å²) in [5.41, 5.74) is 11.3. The Morgan fingerprint density at radius 2 is 0.807 bits per heavy atom. The monoisotopic (exact) mass is 727 g/mol. The van der Waals surface area contributed by atoms with E-state index in [-0.39, 0.29) is 0 Å². The van der Waals surface area contributed by atoms with Gasteiger partial charge in [0.2, 0.25) is 0 Å². The largest absolute Gasteiger partial charge is 0.455 e. The van der Waals surface area contributed by atoms with Crippen LogP contribution >= 0.6 is 0 Å². The summed E-state index contributed by atoms with van der Waals surface area (Å²) in [6.07, 6.45) is 0. The molecule has 57 heavy (non-hydrogen) atoms. The molecule has 0 saturated carbocycles. The van der Waals surface area contributed by atoms with Gasteiger partial charge >= 0.3 is 0 Å². The molecule has 0 fully saturated rings. The highest BCUT2D eigenvalue weighted by Crippen LogP contribution is 2.45. The van der Waals surface area contributed by atoms with E-state index in [4.69, 9.17) is 19.4 Å². The zero-order chi connectivity index (χ0) is 37.7. The Morgan fingerprint density at radius 1 is 0.281 bits per heavy atom. The van der Waals surface area contributed by atoms with Crippen LogP contribution < -0.4 is 0 Å². The third-order valence-electron chi connectivity index (χ3n) is 11.0. The van der Waals surface area contributed by atoms with E-state index in [1.165, 1.54) is 38.6 Å². The van der Waals surface area contributed by atoms with Crippen LogP contribution in [0.1, 0.15) is 0 Å². The molecule has 0 unspecified atom stereocenters. The Morgan fingerprint density at radius 3 is 1.60 bits per heavy atom. The van der Waals surface area contributed by atoms with Crippen LogP contribution in [0.5, 0.6) is 0 Å². The van der Waals surface area contributed by atoms with Crippen LogP contribution in [0.3, 0.4) is 0 Å². The molecular formula is C53H33N3O.